The van der Waals surface area contributed by atoms with E-state index in [1.165, 1.54) is 12.1 Å². The summed E-state index contributed by atoms with van der Waals surface area (Å²) >= 11 is 0. The van der Waals surface area contributed by atoms with Crippen molar-refractivity contribution in [1.82, 2.24) is 21.3 Å². The molecule has 0 fully saturated rings. The van der Waals surface area contributed by atoms with Crippen LogP contribution in [-0.2, 0) is 19.8 Å². The molecule has 1 aliphatic rings. The number of halogens is 1. The first-order valence-electron chi connectivity index (χ1n) is 13.6. The van der Waals surface area contributed by atoms with E-state index in [4.69, 9.17) is 4.74 Å². The van der Waals surface area contributed by atoms with Crippen LogP contribution in [0.5, 0.6) is 5.75 Å². The predicted molar refractivity (Wildman–Crippen MR) is 149 cm³/mol. The summed E-state index contributed by atoms with van der Waals surface area (Å²) < 4.78 is 19.2. The second kappa shape index (κ2) is 13.9. The zero-order valence-corrected chi connectivity index (χ0v) is 23.5. The molecule has 10 heteroatoms. The molecular weight excluding hydrogens is 515 g/mol. The minimum atomic E-state index is -1.22. The Bertz CT molecular complexity index is 1200. The summed E-state index contributed by atoms with van der Waals surface area (Å²) in [7, 11) is 0. The largest absolute Gasteiger partial charge is 0.493 e. The van der Waals surface area contributed by atoms with Crippen LogP contribution in [0, 0.1) is 11.7 Å². The first kappa shape index (κ1) is 30.6. The summed E-state index contributed by atoms with van der Waals surface area (Å²) in [5.41, 5.74) is 0.478. The molecule has 0 bridgehead atoms. The molecule has 4 amide bonds. The van der Waals surface area contributed by atoms with E-state index in [9.17, 15) is 23.6 Å². The molecule has 0 spiro atoms. The lowest BCUT2D eigenvalue weighted by Gasteiger charge is -2.27. The van der Waals surface area contributed by atoms with E-state index in [0.29, 0.717) is 25.1 Å². The van der Waals surface area contributed by atoms with Gasteiger partial charge in [-0.05, 0) is 48.6 Å². The van der Waals surface area contributed by atoms with E-state index < -0.39 is 35.2 Å². The molecular formula is C30H39FN4O5. The minimum Gasteiger partial charge on any atom is -0.493 e. The number of benzene rings is 2. The van der Waals surface area contributed by atoms with Gasteiger partial charge in [0, 0.05) is 18.5 Å². The standard InChI is InChI=1S/C30H39FN4O5/c1-19(2)16-23-28(38)32-14-7-15-40-25-9-6-5-8-22(25)27(37)35-24(17-26(36)34-23)29(39)33-18-30(3,4)20-10-12-21(31)13-11-20/h5-6,8-13,19,23-24H,7,14-18H2,1-4H3,(H,32,38)(H,33,39)(H,34,36)(H,35,37)/t23-,24+/m1/s1. The molecule has 2 atom stereocenters. The molecule has 3 rings (SSSR count). The van der Waals surface area contributed by atoms with Gasteiger partial charge in [0.2, 0.25) is 17.7 Å². The van der Waals surface area contributed by atoms with Gasteiger partial charge in [-0.2, -0.15) is 0 Å². The van der Waals surface area contributed by atoms with Crippen molar-refractivity contribution < 1.29 is 28.3 Å². The van der Waals surface area contributed by atoms with Gasteiger partial charge in [0.25, 0.3) is 5.91 Å². The molecule has 1 aliphatic heterocycles. The van der Waals surface area contributed by atoms with Gasteiger partial charge in [0.05, 0.1) is 18.6 Å². The fourth-order valence-electron chi connectivity index (χ4n) is 4.39. The van der Waals surface area contributed by atoms with E-state index in [2.05, 4.69) is 21.3 Å². The van der Waals surface area contributed by atoms with Crippen LogP contribution in [0.1, 0.15) is 62.9 Å². The fraction of sp³-hybridized carbons (Fsp3) is 0.467. The van der Waals surface area contributed by atoms with Crippen molar-refractivity contribution in [2.45, 2.75) is 64.5 Å². The van der Waals surface area contributed by atoms with Gasteiger partial charge in [0.1, 0.15) is 23.7 Å². The summed E-state index contributed by atoms with van der Waals surface area (Å²) in [6.45, 7) is 8.44. The Kier molecular flexibility index (Phi) is 10.6. The molecule has 2 aromatic rings. The maximum atomic E-state index is 13.4. The average Bonchev–Trinajstić information content (AvgIpc) is 2.90. The second-order valence-corrected chi connectivity index (χ2v) is 11.1. The van der Waals surface area contributed by atoms with E-state index in [0.717, 1.165) is 5.56 Å². The highest BCUT2D eigenvalue weighted by Gasteiger charge is 2.30. The van der Waals surface area contributed by atoms with Crippen molar-refractivity contribution in [3.05, 3.63) is 65.5 Å². The molecule has 216 valence electrons. The SMILES string of the molecule is CC(C)C[C@H]1NC(=O)C[C@@H](C(=O)NCC(C)(C)c2ccc(F)cc2)NC(=O)c2ccccc2OCCCNC1=O. The number of para-hydroxylation sites is 1. The van der Waals surface area contributed by atoms with E-state index in [1.54, 1.807) is 36.4 Å². The van der Waals surface area contributed by atoms with Crippen molar-refractivity contribution >= 4 is 23.6 Å². The molecule has 0 aromatic heterocycles. The van der Waals surface area contributed by atoms with Crippen molar-refractivity contribution in [2.24, 2.45) is 5.92 Å². The molecule has 40 heavy (non-hydrogen) atoms. The monoisotopic (exact) mass is 554 g/mol. The van der Waals surface area contributed by atoms with Gasteiger partial charge in [-0.3, -0.25) is 19.2 Å². The number of hydrogen-bond donors (Lipinski definition) is 4. The lowest BCUT2D eigenvalue weighted by atomic mass is 9.84. The maximum Gasteiger partial charge on any atom is 0.255 e. The number of fused-ring (bicyclic) bond motifs is 1. The second-order valence-electron chi connectivity index (χ2n) is 11.1. The van der Waals surface area contributed by atoms with Crippen LogP contribution in [0.3, 0.4) is 0 Å². The maximum absolute atomic E-state index is 13.4. The first-order valence-corrected chi connectivity index (χ1v) is 13.6. The highest BCUT2D eigenvalue weighted by atomic mass is 19.1. The Hall–Kier alpha value is -3.95. The minimum absolute atomic E-state index is 0.128. The van der Waals surface area contributed by atoms with Crippen LogP contribution in [-0.4, -0.2) is 55.4 Å². The third-order valence-corrected chi connectivity index (χ3v) is 6.71. The lowest BCUT2D eigenvalue weighted by molar-refractivity contribution is -0.131. The van der Waals surface area contributed by atoms with Crippen LogP contribution in [0.4, 0.5) is 4.39 Å². The van der Waals surface area contributed by atoms with Crippen LogP contribution in [0.25, 0.3) is 0 Å². The van der Waals surface area contributed by atoms with Gasteiger partial charge in [-0.15, -0.1) is 0 Å². The van der Waals surface area contributed by atoms with Crippen LogP contribution >= 0.6 is 0 Å². The summed E-state index contributed by atoms with van der Waals surface area (Å²) in [4.78, 5) is 52.6. The van der Waals surface area contributed by atoms with Gasteiger partial charge in [-0.25, -0.2) is 4.39 Å². The third kappa shape index (κ3) is 8.79. The van der Waals surface area contributed by atoms with Crippen molar-refractivity contribution in [1.29, 1.82) is 0 Å². The Morgan fingerprint density at radius 1 is 1.07 bits per heavy atom. The Labute approximate surface area is 234 Å². The summed E-state index contributed by atoms with van der Waals surface area (Å²) in [5, 5.41) is 11.1. The van der Waals surface area contributed by atoms with Gasteiger partial charge in [-0.1, -0.05) is 52.0 Å². The Morgan fingerprint density at radius 2 is 1.77 bits per heavy atom. The molecule has 4 N–H and O–H groups in total. The zero-order chi connectivity index (χ0) is 29.3. The van der Waals surface area contributed by atoms with E-state index in [1.807, 2.05) is 27.7 Å². The molecule has 0 unspecified atom stereocenters. The normalized spacial score (nSPS) is 19.2. The smallest absolute Gasteiger partial charge is 0.255 e. The number of ether oxygens (including phenoxy) is 1. The molecule has 2 aromatic carbocycles. The summed E-state index contributed by atoms with van der Waals surface area (Å²) in [6, 6.07) is 10.6. The van der Waals surface area contributed by atoms with Crippen molar-refractivity contribution in [3.8, 4) is 5.75 Å². The third-order valence-electron chi connectivity index (χ3n) is 6.71. The zero-order valence-electron chi connectivity index (χ0n) is 23.5. The summed E-state index contributed by atoms with van der Waals surface area (Å²) in [6.07, 6.45) is 0.535. The highest BCUT2D eigenvalue weighted by Crippen LogP contribution is 2.23. The topological polar surface area (TPSA) is 126 Å². The first-order chi connectivity index (χ1) is 19.0. The lowest BCUT2D eigenvalue weighted by Crippen LogP contribution is -2.53. The van der Waals surface area contributed by atoms with Crippen molar-refractivity contribution in [3.63, 3.8) is 0 Å². The van der Waals surface area contributed by atoms with Gasteiger partial charge >= 0.3 is 0 Å². The predicted octanol–water partition coefficient (Wildman–Crippen LogP) is 2.84. The number of amides is 4. The van der Waals surface area contributed by atoms with Crippen LogP contribution in [0.15, 0.2) is 48.5 Å². The number of carbonyl (C=O) groups excluding carboxylic acids is 4. The van der Waals surface area contributed by atoms with Gasteiger partial charge in [0.15, 0.2) is 0 Å². The van der Waals surface area contributed by atoms with Crippen molar-refractivity contribution in [2.75, 3.05) is 19.7 Å². The molecule has 0 aliphatic carbocycles. The number of rotatable bonds is 6. The number of carbonyl (C=O) groups is 4. The van der Waals surface area contributed by atoms with Gasteiger partial charge < -0.3 is 26.0 Å². The summed E-state index contributed by atoms with van der Waals surface area (Å²) in [5.74, 6) is -1.89. The number of nitrogens with one attached hydrogen (secondary N) is 4. The highest BCUT2D eigenvalue weighted by molar-refractivity contribution is 6.01. The van der Waals surface area contributed by atoms with E-state index >= 15 is 0 Å². The molecule has 1 heterocycles. The van der Waals surface area contributed by atoms with Crippen LogP contribution < -0.4 is 26.0 Å². The average molecular weight is 555 g/mol. The fourth-order valence-corrected chi connectivity index (χ4v) is 4.39. The van der Waals surface area contributed by atoms with E-state index in [-0.39, 0.29) is 42.8 Å². The molecule has 0 radical (unpaired) electrons. The molecule has 0 saturated carbocycles. The quantitative estimate of drug-likeness (QED) is 0.437. The van der Waals surface area contributed by atoms with Crippen LogP contribution in [0.2, 0.25) is 0 Å². The molecule has 9 nitrogen and oxygen atoms in total. The number of hydrogen-bond acceptors (Lipinski definition) is 5. The molecule has 0 saturated heterocycles. The Morgan fingerprint density at radius 3 is 2.48 bits per heavy atom. The Balaban J connectivity index is 1.84.